The van der Waals surface area contributed by atoms with E-state index in [-0.39, 0.29) is 5.97 Å². The predicted molar refractivity (Wildman–Crippen MR) is 59.1 cm³/mol. The van der Waals surface area contributed by atoms with Crippen molar-refractivity contribution in [3.8, 4) is 0 Å². The highest BCUT2D eigenvalue weighted by molar-refractivity contribution is 5.69. The van der Waals surface area contributed by atoms with Gasteiger partial charge in [-0.2, -0.15) is 0 Å². The van der Waals surface area contributed by atoms with Crippen LogP contribution in [0.25, 0.3) is 0 Å². The van der Waals surface area contributed by atoms with Gasteiger partial charge in [-0.05, 0) is 25.2 Å². The van der Waals surface area contributed by atoms with Crippen molar-refractivity contribution in [3.63, 3.8) is 0 Å². The third kappa shape index (κ3) is 8.09. The third-order valence-corrected chi connectivity index (χ3v) is 2.38. The Morgan fingerprint density at radius 1 is 1.14 bits per heavy atom. The standard InChI is InChI=1S/C12H24O2/c1-5-14-12(13)9-8-11(4)7-6-10(2)3/h10-11H,5-9H2,1-4H3. The van der Waals surface area contributed by atoms with E-state index in [0.29, 0.717) is 18.9 Å². The summed E-state index contributed by atoms with van der Waals surface area (Å²) in [7, 11) is 0. The second kappa shape index (κ2) is 7.84. The Morgan fingerprint density at radius 3 is 2.29 bits per heavy atom. The summed E-state index contributed by atoms with van der Waals surface area (Å²) in [4.78, 5) is 11.1. The van der Waals surface area contributed by atoms with E-state index in [1.165, 1.54) is 12.8 Å². The van der Waals surface area contributed by atoms with Gasteiger partial charge in [0.1, 0.15) is 0 Å². The van der Waals surface area contributed by atoms with Crippen LogP contribution in [0.4, 0.5) is 0 Å². The summed E-state index contributed by atoms with van der Waals surface area (Å²) in [5.74, 6) is 1.35. The lowest BCUT2D eigenvalue weighted by Crippen LogP contribution is -2.07. The number of carbonyl (C=O) groups excluding carboxylic acids is 1. The zero-order valence-electron chi connectivity index (χ0n) is 10.0. The minimum Gasteiger partial charge on any atom is -0.466 e. The van der Waals surface area contributed by atoms with E-state index in [2.05, 4.69) is 20.8 Å². The first-order chi connectivity index (χ1) is 6.56. The Kier molecular flexibility index (Phi) is 7.54. The van der Waals surface area contributed by atoms with Gasteiger partial charge in [0.2, 0.25) is 0 Å². The molecule has 0 aliphatic rings. The Balaban J connectivity index is 3.43. The van der Waals surface area contributed by atoms with Crippen LogP contribution >= 0.6 is 0 Å². The topological polar surface area (TPSA) is 26.3 Å². The Morgan fingerprint density at radius 2 is 1.79 bits per heavy atom. The molecule has 1 unspecified atom stereocenters. The van der Waals surface area contributed by atoms with E-state index < -0.39 is 0 Å². The summed E-state index contributed by atoms with van der Waals surface area (Å²) in [6.07, 6.45) is 4.01. The number of esters is 1. The van der Waals surface area contributed by atoms with Gasteiger partial charge in [-0.25, -0.2) is 0 Å². The van der Waals surface area contributed by atoms with Gasteiger partial charge in [0.05, 0.1) is 6.61 Å². The van der Waals surface area contributed by atoms with Gasteiger partial charge in [-0.3, -0.25) is 4.79 Å². The van der Waals surface area contributed by atoms with Gasteiger partial charge < -0.3 is 4.74 Å². The number of hydrogen-bond donors (Lipinski definition) is 0. The largest absolute Gasteiger partial charge is 0.466 e. The normalized spacial score (nSPS) is 12.9. The molecule has 0 aliphatic carbocycles. The average molecular weight is 200 g/mol. The fourth-order valence-corrected chi connectivity index (χ4v) is 1.36. The first-order valence-electron chi connectivity index (χ1n) is 5.71. The highest BCUT2D eigenvalue weighted by atomic mass is 16.5. The fraction of sp³-hybridized carbons (Fsp3) is 0.917. The van der Waals surface area contributed by atoms with Gasteiger partial charge >= 0.3 is 5.97 Å². The molecule has 2 nitrogen and oxygen atoms in total. The first-order valence-corrected chi connectivity index (χ1v) is 5.71. The summed E-state index contributed by atoms with van der Waals surface area (Å²) in [5, 5.41) is 0. The Bertz CT molecular complexity index is 152. The zero-order valence-corrected chi connectivity index (χ0v) is 10.0. The molecule has 0 fully saturated rings. The average Bonchev–Trinajstić information content (AvgIpc) is 2.12. The van der Waals surface area contributed by atoms with E-state index in [0.717, 1.165) is 12.3 Å². The molecular weight excluding hydrogens is 176 g/mol. The third-order valence-electron chi connectivity index (χ3n) is 2.38. The number of hydrogen-bond acceptors (Lipinski definition) is 2. The molecule has 0 N–H and O–H groups in total. The van der Waals surface area contributed by atoms with Crippen LogP contribution in [-0.2, 0) is 9.53 Å². The molecule has 0 spiro atoms. The van der Waals surface area contributed by atoms with Crippen LogP contribution in [0.5, 0.6) is 0 Å². The highest BCUT2D eigenvalue weighted by Gasteiger charge is 2.07. The minimum atomic E-state index is -0.0519. The molecule has 84 valence electrons. The molecule has 0 aromatic carbocycles. The molecular formula is C12H24O2. The van der Waals surface area contributed by atoms with Crippen LogP contribution in [0, 0.1) is 11.8 Å². The molecule has 0 aromatic rings. The van der Waals surface area contributed by atoms with Crippen molar-refractivity contribution < 1.29 is 9.53 Å². The predicted octanol–water partition coefficient (Wildman–Crippen LogP) is 3.40. The lowest BCUT2D eigenvalue weighted by molar-refractivity contribution is -0.143. The number of carbonyl (C=O) groups is 1. The summed E-state index contributed by atoms with van der Waals surface area (Å²) in [6.45, 7) is 9.02. The molecule has 0 aromatic heterocycles. The summed E-state index contributed by atoms with van der Waals surface area (Å²) in [6, 6.07) is 0. The van der Waals surface area contributed by atoms with E-state index >= 15 is 0 Å². The lowest BCUT2D eigenvalue weighted by Gasteiger charge is -2.12. The van der Waals surface area contributed by atoms with E-state index in [1.54, 1.807) is 0 Å². The maximum Gasteiger partial charge on any atom is 0.305 e. The van der Waals surface area contributed by atoms with Gasteiger partial charge in [0, 0.05) is 6.42 Å². The summed E-state index contributed by atoms with van der Waals surface area (Å²) in [5.41, 5.74) is 0. The fourth-order valence-electron chi connectivity index (χ4n) is 1.36. The van der Waals surface area contributed by atoms with E-state index in [4.69, 9.17) is 4.74 Å². The van der Waals surface area contributed by atoms with Crippen LogP contribution in [0.15, 0.2) is 0 Å². The molecule has 0 saturated heterocycles. The summed E-state index contributed by atoms with van der Waals surface area (Å²) >= 11 is 0. The van der Waals surface area contributed by atoms with Crippen molar-refractivity contribution in [2.24, 2.45) is 11.8 Å². The number of ether oxygens (including phenoxy) is 1. The van der Waals surface area contributed by atoms with Crippen molar-refractivity contribution in [1.29, 1.82) is 0 Å². The number of rotatable bonds is 7. The van der Waals surface area contributed by atoms with Crippen molar-refractivity contribution in [2.45, 2.75) is 53.4 Å². The second-order valence-corrected chi connectivity index (χ2v) is 4.42. The van der Waals surface area contributed by atoms with Gasteiger partial charge in [0.25, 0.3) is 0 Å². The van der Waals surface area contributed by atoms with Gasteiger partial charge in [-0.15, -0.1) is 0 Å². The molecule has 0 amide bonds. The molecule has 0 rings (SSSR count). The van der Waals surface area contributed by atoms with Crippen LogP contribution < -0.4 is 0 Å². The van der Waals surface area contributed by atoms with Crippen LogP contribution in [0.3, 0.4) is 0 Å². The zero-order chi connectivity index (χ0) is 11.0. The molecule has 0 aliphatic heterocycles. The molecule has 0 bridgehead atoms. The van der Waals surface area contributed by atoms with Crippen molar-refractivity contribution in [3.05, 3.63) is 0 Å². The molecule has 0 heterocycles. The Labute approximate surface area is 88.0 Å². The van der Waals surface area contributed by atoms with Gasteiger partial charge in [-0.1, -0.05) is 33.6 Å². The first kappa shape index (κ1) is 13.5. The second-order valence-electron chi connectivity index (χ2n) is 4.42. The molecule has 0 saturated carbocycles. The minimum absolute atomic E-state index is 0.0519. The quantitative estimate of drug-likeness (QED) is 0.589. The summed E-state index contributed by atoms with van der Waals surface area (Å²) < 4.78 is 4.88. The SMILES string of the molecule is CCOC(=O)CCC(C)CCC(C)C. The van der Waals surface area contributed by atoms with Crippen LogP contribution in [0.1, 0.15) is 53.4 Å². The highest BCUT2D eigenvalue weighted by Crippen LogP contribution is 2.16. The molecule has 2 heteroatoms. The Hall–Kier alpha value is -0.530. The molecule has 1 atom stereocenters. The maximum atomic E-state index is 11.1. The van der Waals surface area contributed by atoms with Crippen molar-refractivity contribution in [1.82, 2.24) is 0 Å². The van der Waals surface area contributed by atoms with Crippen LogP contribution in [0.2, 0.25) is 0 Å². The monoisotopic (exact) mass is 200 g/mol. The van der Waals surface area contributed by atoms with Gasteiger partial charge in [0.15, 0.2) is 0 Å². The lowest BCUT2D eigenvalue weighted by atomic mass is 9.96. The maximum absolute atomic E-state index is 11.1. The van der Waals surface area contributed by atoms with E-state index in [9.17, 15) is 4.79 Å². The van der Waals surface area contributed by atoms with Crippen LogP contribution in [-0.4, -0.2) is 12.6 Å². The van der Waals surface area contributed by atoms with Crippen molar-refractivity contribution >= 4 is 5.97 Å². The molecule has 0 radical (unpaired) electrons. The van der Waals surface area contributed by atoms with Crippen molar-refractivity contribution in [2.75, 3.05) is 6.61 Å². The molecule has 14 heavy (non-hydrogen) atoms. The smallest absolute Gasteiger partial charge is 0.305 e. The van der Waals surface area contributed by atoms with E-state index in [1.807, 2.05) is 6.92 Å².